The normalized spacial score (nSPS) is 10.8. The molecule has 104 valence electrons. The van der Waals surface area contributed by atoms with Gasteiger partial charge in [-0.3, -0.25) is 0 Å². The Morgan fingerprint density at radius 1 is 0.850 bits per heavy atom. The van der Waals surface area contributed by atoms with Crippen LogP contribution >= 0.6 is 0 Å². The Bertz CT molecular complexity index is 748. The molecule has 20 heavy (non-hydrogen) atoms. The van der Waals surface area contributed by atoms with Crippen molar-refractivity contribution in [3.05, 3.63) is 59.8 Å². The molecule has 0 fully saturated rings. The Morgan fingerprint density at radius 3 is 2.00 bits per heavy atom. The minimum Gasteiger partial charge on any atom is -0.0984 e. The van der Waals surface area contributed by atoms with Crippen molar-refractivity contribution < 1.29 is 0 Å². The van der Waals surface area contributed by atoms with Crippen LogP contribution in [0.4, 0.5) is 0 Å². The minimum absolute atomic E-state index is 0. The summed E-state index contributed by atoms with van der Waals surface area (Å²) in [5.41, 5.74) is 1.21. The number of rotatable bonds is 1. The van der Waals surface area contributed by atoms with E-state index >= 15 is 0 Å². The molecule has 0 aliphatic carbocycles. The van der Waals surface area contributed by atoms with Crippen LogP contribution in [0.2, 0.25) is 0 Å². The van der Waals surface area contributed by atoms with Crippen molar-refractivity contribution in [1.82, 2.24) is 0 Å². The summed E-state index contributed by atoms with van der Waals surface area (Å²) in [7, 11) is 0. The zero-order chi connectivity index (χ0) is 13.8. The molecule has 0 aliphatic heterocycles. The topological polar surface area (TPSA) is 0 Å². The highest BCUT2D eigenvalue weighted by Crippen LogP contribution is 2.27. The lowest BCUT2D eigenvalue weighted by atomic mass is 9.95. The fourth-order valence-corrected chi connectivity index (χ4v) is 2.55. The first-order valence-electron chi connectivity index (χ1n) is 6.88. The highest BCUT2D eigenvalue weighted by molar-refractivity contribution is 6.12. The van der Waals surface area contributed by atoms with Gasteiger partial charge in [-0.25, -0.2) is 0 Å². The third-order valence-electron chi connectivity index (χ3n) is 3.37. The molecule has 0 aromatic heterocycles. The lowest BCUT2D eigenvalue weighted by Gasteiger charge is -2.09. The summed E-state index contributed by atoms with van der Waals surface area (Å²) in [4.78, 5) is 0. The van der Waals surface area contributed by atoms with Gasteiger partial charge < -0.3 is 0 Å². The fourth-order valence-electron chi connectivity index (χ4n) is 2.55. The summed E-state index contributed by atoms with van der Waals surface area (Å²) >= 11 is 0. The quantitative estimate of drug-likeness (QED) is 0.519. The smallest absolute Gasteiger partial charge is 0.00269 e. The average Bonchev–Trinajstić information content (AvgIpc) is 2.50. The van der Waals surface area contributed by atoms with Gasteiger partial charge in [-0.15, -0.1) is 0 Å². The van der Waals surface area contributed by atoms with Gasteiger partial charge in [0.05, 0.1) is 0 Å². The first-order chi connectivity index (χ1) is 9.35. The first kappa shape index (κ1) is 16.0. The van der Waals surface area contributed by atoms with Crippen molar-refractivity contribution in [3.8, 4) is 0 Å². The van der Waals surface area contributed by atoms with Crippen molar-refractivity contribution in [2.45, 2.75) is 28.2 Å². The number of benzene rings is 3. The van der Waals surface area contributed by atoms with Crippen LogP contribution in [-0.2, 0) is 0 Å². The Kier molecular flexibility index (Phi) is 5.52. The molecular weight excluding hydrogens is 240 g/mol. The molecule has 0 saturated carbocycles. The van der Waals surface area contributed by atoms with E-state index in [1.54, 1.807) is 0 Å². The average molecular weight is 264 g/mol. The van der Waals surface area contributed by atoms with Crippen LogP contribution in [-0.4, -0.2) is 0 Å². The second kappa shape index (κ2) is 6.91. The van der Waals surface area contributed by atoms with E-state index in [1.165, 1.54) is 32.3 Å². The van der Waals surface area contributed by atoms with Gasteiger partial charge >= 0.3 is 0 Å². The van der Waals surface area contributed by atoms with Crippen LogP contribution in [0.5, 0.6) is 0 Å². The molecule has 0 N–H and O–H groups in total. The molecule has 0 heteroatoms. The highest BCUT2D eigenvalue weighted by atomic mass is 14.1. The zero-order valence-corrected chi connectivity index (χ0v) is 11.9. The monoisotopic (exact) mass is 264 g/mol. The van der Waals surface area contributed by atoms with Gasteiger partial charge in [-0.05, 0) is 39.3 Å². The largest absolute Gasteiger partial charge is 0.0984 e. The maximum atomic E-state index is 3.92. The minimum atomic E-state index is 0. The number of hydrogen-bond donors (Lipinski definition) is 0. The molecule has 0 atom stereocenters. The SMILES string of the molecule is C.C=Cc1ccc2cccc3cc/c(=C/C)c1c23.CC. The van der Waals surface area contributed by atoms with Crippen LogP contribution in [0.1, 0.15) is 33.8 Å². The van der Waals surface area contributed by atoms with Crippen molar-refractivity contribution in [2.75, 3.05) is 0 Å². The van der Waals surface area contributed by atoms with Crippen molar-refractivity contribution >= 4 is 33.7 Å². The van der Waals surface area contributed by atoms with Crippen LogP contribution in [0.15, 0.2) is 49.0 Å². The molecule has 3 rings (SSSR count). The van der Waals surface area contributed by atoms with Gasteiger partial charge in [0.25, 0.3) is 0 Å². The standard InChI is InChI=1S/C17H14.C2H6.CH4/c1-3-12-8-10-14-6-5-7-15-11-9-13(4-2)16(12)17(14)15;1-2;/h3-11H,1H2,2H3;1-2H3;1H4/b13-4-;;. The molecule has 0 aliphatic rings. The van der Waals surface area contributed by atoms with Gasteiger partial charge in [0.1, 0.15) is 0 Å². The number of hydrogen-bond acceptors (Lipinski definition) is 0. The predicted molar refractivity (Wildman–Crippen MR) is 95.0 cm³/mol. The van der Waals surface area contributed by atoms with E-state index in [2.05, 4.69) is 62.0 Å². The van der Waals surface area contributed by atoms with Crippen molar-refractivity contribution in [3.63, 3.8) is 0 Å². The summed E-state index contributed by atoms with van der Waals surface area (Å²) in [5, 5.41) is 6.54. The summed E-state index contributed by atoms with van der Waals surface area (Å²) in [6.07, 6.45) is 4.10. The Labute approximate surface area is 122 Å². The van der Waals surface area contributed by atoms with Gasteiger partial charge in [-0.2, -0.15) is 0 Å². The Balaban J connectivity index is 0.000000639. The lowest BCUT2D eigenvalue weighted by molar-refractivity contribution is 1.50. The lowest BCUT2D eigenvalue weighted by Crippen LogP contribution is -2.02. The highest BCUT2D eigenvalue weighted by Gasteiger charge is 2.05. The predicted octanol–water partition coefficient (Wildman–Crippen LogP) is 5.82. The summed E-state index contributed by atoms with van der Waals surface area (Å²) in [5.74, 6) is 0. The van der Waals surface area contributed by atoms with Crippen molar-refractivity contribution in [1.29, 1.82) is 0 Å². The van der Waals surface area contributed by atoms with Gasteiger partial charge in [0.15, 0.2) is 0 Å². The first-order valence-corrected chi connectivity index (χ1v) is 6.88. The second-order valence-corrected chi connectivity index (χ2v) is 4.26. The van der Waals surface area contributed by atoms with E-state index in [0.717, 1.165) is 0 Å². The van der Waals surface area contributed by atoms with Crippen LogP contribution < -0.4 is 5.22 Å². The molecule has 0 nitrogen and oxygen atoms in total. The van der Waals surface area contributed by atoms with Crippen LogP contribution in [0, 0.1) is 0 Å². The fraction of sp³-hybridized carbons (Fsp3) is 0.200. The van der Waals surface area contributed by atoms with Crippen molar-refractivity contribution in [2.24, 2.45) is 0 Å². The van der Waals surface area contributed by atoms with Gasteiger partial charge in [0, 0.05) is 0 Å². The molecule has 0 bridgehead atoms. The third-order valence-corrected chi connectivity index (χ3v) is 3.37. The van der Waals surface area contributed by atoms with Gasteiger partial charge in [0.2, 0.25) is 0 Å². The molecule has 0 heterocycles. The zero-order valence-electron chi connectivity index (χ0n) is 11.9. The summed E-state index contributed by atoms with van der Waals surface area (Å²) < 4.78 is 0. The van der Waals surface area contributed by atoms with Gasteiger partial charge in [-0.1, -0.05) is 82.5 Å². The molecule has 3 aromatic carbocycles. The van der Waals surface area contributed by atoms with E-state index in [9.17, 15) is 0 Å². The second-order valence-electron chi connectivity index (χ2n) is 4.26. The summed E-state index contributed by atoms with van der Waals surface area (Å²) in [6, 6.07) is 15.1. The van der Waals surface area contributed by atoms with E-state index < -0.39 is 0 Å². The summed E-state index contributed by atoms with van der Waals surface area (Å²) in [6.45, 7) is 10.0. The molecule has 0 unspecified atom stereocenters. The third kappa shape index (κ3) is 2.46. The maximum Gasteiger partial charge on any atom is -0.00269 e. The maximum absolute atomic E-state index is 3.92. The molecular formula is C20H24. The molecule has 0 amide bonds. The van der Waals surface area contributed by atoms with E-state index in [0.29, 0.717) is 0 Å². The van der Waals surface area contributed by atoms with E-state index in [4.69, 9.17) is 0 Å². The van der Waals surface area contributed by atoms with Crippen LogP contribution in [0.3, 0.4) is 0 Å². The molecule has 0 spiro atoms. The Morgan fingerprint density at radius 2 is 1.45 bits per heavy atom. The van der Waals surface area contributed by atoms with E-state index in [1.807, 2.05) is 19.9 Å². The molecule has 0 radical (unpaired) electrons. The van der Waals surface area contributed by atoms with Crippen LogP contribution in [0.25, 0.3) is 33.7 Å². The van der Waals surface area contributed by atoms with E-state index in [-0.39, 0.29) is 7.43 Å². The molecule has 3 aromatic rings. The molecule has 0 saturated heterocycles. The Hall–Kier alpha value is -2.08.